The molecule has 6 heteroatoms. The van der Waals surface area contributed by atoms with E-state index in [1.165, 1.54) is 0 Å². The first-order valence-corrected chi connectivity index (χ1v) is 5.11. The van der Waals surface area contributed by atoms with Gasteiger partial charge in [0.15, 0.2) is 0 Å². The maximum Gasteiger partial charge on any atom is 0.231 e. The van der Waals surface area contributed by atoms with Crippen LogP contribution in [0.15, 0.2) is 22.9 Å². The SMILES string of the molecule is Cl.c1c[nH]c(-c2noc(C3CCNC3)n2)c1. The number of aromatic amines is 1. The Labute approximate surface area is 99.0 Å². The van der Waals surface area contributed by atoms with Crippen molar-refractivity contribution in [3.05, 3.63) is 24.2 Å². The molecule has 0 spiro atoms. The van der Waals surface area contributed by atoms with Crippen LogP contribution in [-0.2, 0) is 0 Å². The molecular formula is C10H13ClN4O. The fourth-order valence-electron chi connectivity index (χ4n) is 1.85. The highest BCUT2D eigenvalue weighted by Crippen LogP contribution is 2.22. The number of H-pyrrole nitrogens is 1. The summed E-state index contributed by atoms with van der Waals surface area (Å²) in [5.41, 5.74) is 0.899. The first kappa shape index (κ1) is 11.2. The maximum atomic E-state index is 5.25. The lowest BCUT2D eigenvalue weighted by atomic mass is 10.1. The van der Waals surface area contributed by atoms with E-state index in [4.69, 9.17) is 4.52 Å². The van der Waals surface area contributed by atoms with Gasteiger partial charge in [0.05, 0.1) is 11.6 Å². The second kappa shape index (κ2) is 4.67. The monoisotopic (exact) mass is 240 g/mol. The number of hydrogen-bond donors (Lipinski definition) is 2. The van der Waals surface area contributed by atoms with E-state index in [1.807, 2.05) is 18.3 Å². The zero-order valence-electron chi connectivity index (χ0n) is 8.64. The topological polar surface area (TPSA) is 66.7 Å². The largest absolute Gasteiger partial charge is 0.359 e. The number of nitrogens with one attached hydrogen (secondary N) is 2. The van der Waals surface area contributed by atoms with Crippen LogP contribution in [0.4, 0.5) is 0 Å². The van der Waals surface area contributed by atoms with E-state index in [0.717, 1.165) is 31.1 Å². The Kier molecular flexibility index (Phi) is 3.26. The van der Waals surface area contributed by atoms with E-state index < -0.39 is 0 Å². The van der Waals surface area contributed by atoms with E-state index in [0.29, 0.717) is 11.7 Å². The molecule has 0 aliphatic carbocycles. The third-order valence-corrected chi connectivity index (χ3v) is 2.69. The molecule has 1 aliphatic rings. The Hall–Kier alpha value is -1.33. The Balaban J connectivity index is 0.000000963. The van der Waals surface area contributed by atoms with Gasteiger partial charge in [-0.25, -0.2) is 0 Å². The molecule has 1 aliphatic heterocycles. The first-order valence-electron chi connectivity index (χ1n) is 5.11. The van der Waals surface area contributed by atoms with Crippen molar-refractivity contribution in [3.63, 3.8) is 0 Å². The summed E-state index contributed by atoms with van der Waals surface area (Å²) < 4.78 is 5.25. The summed E-state index contributed by atoms with van der Waals surface area (Å²) in [5.74, 6) is 1.76. The quantitative estimate of drug-likeness (QED) is 0.836. The van der Waals surface area contributed by atoms with Crippen LogP contribution in [0.25, 0.3) is 11.5 Å². The van der Waals surface area contributed by atoms with Gasteiger partial charge >= 0.3 is 0 Å². The molecule has 0 saturated carbocycles. The summed E-state index contributed by atoms with van der Waals surface area (Å²) in [6, 6.07) is 3.85. The van der Waals surface area contributed by atoms with Crippen molar-refractivity contribution in [1.29, 1.82) is 0 Å². The molecule has 1 atom stereocenters. The molecule has 1 saturated heterocycles. The van der Waals surface area contributed by atoms with E-state index in [9.17, 15) is 0 Å². The van der Waals surface area contributed by atoms with Crippen LogP contribution in [0, 0.1) is 0 Å². The summed E-state index contributed by atoms with van der Waals surface area (Å²) in [7, 11) is 0. The van der Waals surface area contributed by atoms with Crippen LogP contribution in [-0.4, -0.2) is 28.2 Å². The zero-order chi connectivity index (χ0) is 10.1. The minimum absolute atomic E-state index is 0. The summed E-state index contributed by atoms with van der Waals surface area (Å²) in [5, 5.41) is 7.24. The average Bonchev–Trinajstić information content (AvgIpc) is 3.02. The van der Waals surface area contributed by atoms with Crippen LogP contribution in [0.3, 0.4) is 0 Å². The third-order valence-electron chi connectivity index (χ3n) is 2.69. The van der Waals surface area contributed by atoms with Gasteiger partial charge in [-0.05, 0) is 25.1 Å². The maximum absolute atomic E-state index is 5.25. The molecule has 0 bridgehead atoms. The van der Waals surface area contributed by atoms with Crippen molar-refractivity contribution < 1.29 is 4.52 Å². The molecule has 1 fully saturated rings. The van der Waals surface area contributed by atoms with E-state index in [-0.39, 0.29) is 12.4 Å². The van der Waals surface area contributed by atoms with Gasteiger partial charge in [0.1, 0.15) is 0 Å². The molecule has 2 aromatic heterocycles. The van der Waals surface area contributed by atoms with Crippen LogP contribution >= 0.6 is 12.4 Å². The highest BCUT2D eigenvalue weighted by Gasteiger charge is 2.23. The average molecular weight is 241 g/mol. The van der Waals surface area contributed by atoms with Crippen molar-refractivity contribution >= 4 is 12.4 Å². The first-order chi connectivity index (χ1) is 7.43. The van der Waals surface area contributed by atoms with E-state index in [1.54, 1.807) is 0 Å². The highest BCUT2D eigenvalue weighted by atomic mass is 35.5. The molecule has 3 rings (SSSR count). The lowest BCUT2D eigenvalue weighted by Gasteiger charge is -1.98. The third kappa shape index (κ3) is 1.96. The molecule has 5 nitrogen and oxygen atoms in total. The van der Waals surface area contributed by atoms with Crippen molar-refractivity contribution in [2.45, 2.75) is 12.3 Å². The van der Waals surface area contributed by atoms with Gasteiger partial charge in [0.25, 0.3) is 0 Å². The minimum atomic E-state index is 0. The van der Waals surface area contributed by atoms with Gasteiger partial charge in [0.2, 0.25) is 11.7 Å². The number of rotatable bonds is 2. The smallest absolute Gasteiger partial charge is 0.231 e. The van der Waals surface area contributed by atoms with Crippen LogP contribution in [0.5, 0.6) is 0 Å². The number of nitrogens with zero attached hydrogens (tertiary/aromatic N) is 2. The fourth-order valence-corrected chi connectivity index (χ4v) is 1.85. The van der Waals surface area contributed by atoms with E-state index in [2.05, 4.69) is 20.4 Å². The minimum Gasteiger partial charge on any atom is -0.359 e. The molecule has 0 radical (unpaired) electrons. The molecule has 0 aromatic carbocycles. The lowest BCUT2D eigenvalue weighted by molar-refractivity contribution is 0.359. The van der Waals surface area contributed by atoms with Gasteiger partial charge in [0, 0.05) is 12.7 Å². The van der Waals surface area contributed by atoms with Crippen LogP contribution in [0.2, 0.25) is 0 Å². The Morgan fingerprint density at radius 1 is 1.44 bits per heavy atom. The highest BCUT2D eigenvalue weighted by molar-refractivity contribution is 5.85. The molecule has 0 amide bonds. The van der Waals surface area contributed by atoms with Crippen LogP contribution in [0.1, 0.15) is 18.2 Å². The van der Waals surface area contributed by atoms with Crippen molar-refractivity contribution in [3.8, 4) is 11.5 Å². The summed E-state index contributed by atoms with van der Waals surface area (Å²) in [6.45, 7) is 1.97. The number of hydrogen-bond acceptors (Lipinski definition) is 4. The Morgan fingerprint density at radius 3 is 3.06 bits per heavy atom. The van der Waals surface area contributed by atoms with Gasteiger partial charge < -0.3 is 14.8 Å². The van der Waals surface area contributed by atoms with Crippen LogP contribution < -0.4 is 5.32 Å². The van der Waals surface area contributed by atoms with Gasteiger partial charge in [-0.3, -0.25) is 0 Å². The summed E-state index contributed by atoms with van der Waals surface area (Å²) in [6.07, 6.45) is 2.93. The molecule has 2 aromatic rings. The fraction of sp³-hybridized carbons (Fsp3) is 0.400. The Morgan fingerprint density at radius 2 is 2.38 bits per heavy atom. The van der Waals surface area contributed by atoms with Crippen molar-refractivity contribution in [1.82, 2.24) is 20.4 Å². The molecule has 16 heavy (non-hydrogen) atoms. The standard InChI is InChI=1S/C10H12N4O.ClH/c1-2-8(12-4-1)9-13-10(15-14-9)7-3-5-11-6-7;/h1-2,4,7,11-12H,3,5-6H2;1H. The van der Waals surface area contributed by atoms with Gasteiger partial charge in [-0.2, -0.15) is 4.98 Å². The van der Waals surface area contributed by atoms with Crippen molar-refractivity contribution in [2.75, 3.05) is 13.1 Å². The summed E-state index contributed by atoms with van der Waals surface area (Å²) >= 11 is 0. The number of aromatic nitrogens is 3. The molecule has 2 N–H and O–H groups in total. The van der Waals surface area contributed by atoms with Gasteiger partial charge in [-0.15, -0.1) is 12.4 Å². The number of halogens is 1. The molecule has 1 unspecified atom stereocenters. The molecule has 3 heterocycles. The normalized spacial score (nSPS) is 19.6. The second-order valence-electron chi connectivity index (χ2n) is 3.73. The van der Waals surface area contributed by atoms with Crippen molar-refractivity contribution in [2.24, 2.45) is 0 Å². The predicted molar refractivity (Wildman–Crippen MR) is 61.6 cm³/mol. The second-order valence-corrected chi connectivity index (χ2v) is 3.73. The summed E-state index contributed by atoms with van der Waals surface area (Å²) in [4.78, 5) is 7.44. The lowest BCUT2D eigenvalue weighted by Crippen LogP contribution is -2.08. The predicted octanol–water partition coefficient (Wildman–Crippen LogP) is 1.56. The zero-order valence-corrected chi connectivity index (χ0v) is 9.46. The molecular weight excluding hydrogens is 228 g/mol. The molecule has 86 valence electrons. The Bertz CT molecular complexity index is 433. The van der Waals surface area contributed by atoms with Gasteiger partial charge in [-0.1, -0.05) is 5.16 Å². The van der Waals surface area contributed by atoms with E-state index >= 15 is 0 Å².